The largest absolute Gasteiger partial charge is 0.320 e. The second kappa shape index (κ2) is 4.92. The molecule has 1 aromatic carbocycles. The van der Waals surface area contributed by atoms with E-state index in [4.69, 9.17) is 23.2 Å². The molecular weight excluding hydrogens is 287 g/mol. The molecule has 0 aliphatic rings. The minimum absolute atomic E-state index is 0.385. The fraction of sp³-hybridized carbons (Fsp3) is 0.154. The van der Waals surface area contributed by atoms with Crippen LogP contribution >= 0.6 is 34.5 Å². The Labute approximate surface area is 119 Å². The predicted molar refractivity (Wildman–Crippen MR) is 77.7 cm³/mol. The molecule has 3 aromatic rings. The van der Waals surface area contributed by atoms with Crippen LogP contribution < -0.4 is 0 Å². The van der Waals surface area contributed by atoms with Gasteiger partial charge in [0.05, 0.1) is 28.5 Å². The quantitative estimate of drug-likeness (QED) is 0.649. The molecule has 0 saturated heterocycles. The van der Waals surface area contributed by atoms with Crippen molar-refractivity contribution < 1.29 is 0 Å². The van der Waals surface area contributed by atoms with E-state index in [0.717, 1.165) is 23.4 Å². The standard InChI is InChI=1S/C13H10Cl2N2S/c14-7-12-16-11-5-1-4-10(15)13(11)17(12)8-9-3-2-6-18-9/h1-6H,7-8H2. The molecular formula is C13H10Cl2N2S. The monoisotopic (exact) mass is 296 g/mol. The van der Waals surface area contributed by atoms with Crippen LogP contribution in [0.5, 0.6) is 0 Å². The Morgan fingerprint density at radius 2 is 2.11 bits per heavy atom. The minimum Gasteiger partial charge on any atom is -0.320 e. The summed E-state index contributed by atoms with van der Waals surface area (Å²) in [5, 5.41) is 2.78. The number of thiophene rings is 1. The molecule has 2 aromatic heterocycles. The first-order valence-corrected chi connectivity index (χ1v) is 7.31. The van der Waals surface area contributed by atoms with Gasteiger partial charge in [0.1, 0.15) is 5.82 Å². The molecule has 0 radical (unpaired) electrons. The summed E-state index contributed by atoms with van der Waals surface area (Å²) >= 11 is 14.0. The minimum atomic E-state index is 0.385. The van der Waals surface area contributed by atoms with Gasteiger partial charge in [-0.15, -0.1) is 22.9 Å². The molecule has 3 rings (SSSR count). The number of nitrogens with zero attached hydrogens (tertiary/aromatic N) is 2. The summed E-state index contributed by atoms with van der Waals surface area (Å²) in [5.41, 5.74) is 1.86. The average molecular weight is 297 g/mol. The van der Waals surface area contributed by atoms with Crippen molar-refractivity contribution in [1.29, 1.82) is 0 Å². The Kier molecular flexibility index (Phi) is 3.29. The molecule has 0 aliphatic heterocycles. The van der Waals surface area contributed by atoms with Gasteiger partial charge in [-0.05, 0) is 23.6 Å². The zero-order chi connectivity index (χ0) is 12.5. The lowest BCUT2D eigenvalue weighted by molar-refractivity contribution is 0.789. The molecule has 2 heterocycles. The highest BCUT2D eigenvalue weighted by atomic mass is 35.5. The van der Waals surface area contributed by atoms with Crippen LogP contribution in [0.25, 0.3) is 11.0 Å². The number of hydrogen-bond donors (Lipinski definition) is 0. The van der Waals surface area contributed by atoms with Gasteiger partial charge in [0.15, 0.2) is 0 Å². The molecule has 0 spiro atoms. The summed E-state index contributed by atoms with van der Waals surface area (Å²) in [4.78, 5) is 5.79. The number of halogens is 2. The van der Waals surface area contributed by atoms with E-state index < -0.39 is 0 Å². The summed E-state index contributed by atoms with van der Waals surface area (Å²) in [7, 11) is 0. The average Bonchev–Trinajstić information content (AvgIpc) is 2.98. The molecule has 0 saturated carbocycles. The molecule has 0 atom stereocenters. The van der Waals surface area contributed by atoms with Gasteiger partial charge < -0.3 is 4.57 Å². The molecule has 0 amide bonds. The summed E-state index contributed by atoms with van der Waals surface area (Å²) in [5.74, 6) is 1.24. The normalized spacial score (nSPS) is 11.2. The predicted octanol–water partition coefficient (Wildman–Crippen LogP) is 4.54. The number of para-hydroxylation sites is 1. The van der Waals surface area contributed by atoms with Crippen molar-refractivity contribution in [2.24, 2.45) is 0 Å². The topological polar surface area (TPSA) is 17.8 Å². The Morgan fingerprint density at radius 1 is 1.22 bits per heavy atom. The third kappa shape index (κ3) is 2.03. The zero-order valence-electron chi connectivity index (χ0n) is 9.44. The van der Waals surface area contributed by atoms with Crippen molar-refractivity contribution in [3.8, 4) is 0 Å². The second-order valence-corrected chi connectivity index (χ2v) is 5.64. The van der Waals surface area contributed by atoms with Crippen molar-refractivity contribution in [2.75, 3.05) is 0 Å². The van der Waals surface area contributed by atoms with Crippen LogP contribution in [0, 0.1) is 0 Å². The first-order valence-electron chi connectivity index (χ1n) is 5.51. The Morgan fingerprint density at radius 3 is 2.83 bits per heavy atom. The Bertz CT molecular complexity index is 674. The number of benzene rings is 1. The number of rotatable bonds is 3. The molecule has 0 unspecified atom stereocenters. The Hall–Kier alpha value is -1.03. The number of aromatic nitrogens is 2. The highest BCUT2D eigenvalue weighted by molar-refractivity contribution is 7.09. The first-order chi connectivity index (χ1) is 8.79. The molecule has 0 bridgehead atoms. The number of fused-ring (bicyclic) bond motifs is 1. The van der Waals surface area contributed by atoms with Crippen LogP contribution in [0.15, 0.2) is 35.7 Å². The van der Waals surface area contributed by atoms with Crippen LogP contribution in [0.3, 0.4) is 0 Å². The Balaban J connectivity index is 2.19. The molecule has 0 N–H and O–H groups in total. The van der Waals surface area contributed by atoms with Crippen molar-refractivity contribution in [3.63, 3.8) is 0 Å². The van der Waals surface area contributed by atoms with Crippen LogP contribution in [0.4, 0.5) is 0 Å². The van der Waals surface area contributed by atoms with Crippen LogP contribution in [-0.2, 0) is 12.4 Å². The fourth-order valence-corrected chi connectivity index (χ4v) is 3.19. The lowest BCUT2D eigenvalue weighted by atomic mass is 10.3. The maximum absolute atomic E-state index is 6.27. The lowest BCUT2D eigenvalue weighted by Crippen LogP contribution is -2.02. The fourth-order valence-electron chi connectivity index (χ4n) is 2.02. The van der Waals surface area contributed by atoms with Gasteiger partial charge in [-0.3, -0.25) is 0 Å². The lowest BCUT2D eigenvalue weighted by Gasteiger charge is -2.06. The van der Waals surface area contributed by atoms with E-state index in [1.54, 1.807) is 11.3 Å². The number of alkyl halides is 1. The van der Waals surface area contributed by atoms with Crippen molar-refractivity contribution in [2.45, 2.75) is 12.4 Å². The number of hydrogen-bond acceptors (Lipinski definition) is 2. The summed E-state index contributed by atoms with van der Waals surface area (Å²) < 4.78 is 2.09. The van der Waals surface area contributed by atoms with Crippen LogP contribution in [-0.4, -0.2) is 9.55 Å². The molecule has 92 valence electrons. The van der Waals surface area contributed by atoms with Crippen molar-refractivity contribution in [3.05, 3.63) is 51.4 Å². The van der Waals surface area contributed by atoms with E-state index in [2.05, 4.69) is 21.0 Å². The highest BCUT2D eigenvalue weighted by Crippen LogP contribution is 2.26. The van der Waals surface area contributed by atoms with Gasteiger partial charge in [0, 0.05) is 4.88 Å². The second-order valence-electron chi connectivity index (χ2n) is 3.93. The smallest absolute Gasteiger partial charge is 0.125 e. The van der Waals surface area contributed by atoms with Crippen LogP contribution in [0.2, 0.25) is 5.02 Å². The van der Waals surface area contributed by atoms with Gasteiger partial charge in [-0.2, -0.15) is 0 Å². The third-order valence-corrected chi connectivity index (χ3v) is 4.22. The molecule has 5 heteroatoms. The van der Waals surface area contributed by atoms with Crippen molar-refractivity contribution >= 4 is 45.6 Å². The van der Waals surface area contributed by atoms with Gasteiger partial charge in [0.2, 0.25) is 0 Å². The van der Waals surface area contributed by atoms with Gasteiger partial charge in [-0.25, -0.2) is 4.98 Å². The summed E-state index contributed by atoms with van der Waals surface area (Å²) in [6.45, 7) is 0.764. The number of imidazole rings is 1. The summed E-state index contributed by atoms with van der Waals surface area (Å²) in [6.07, 6.45) is 0. The van der Waals surface area contributed by atoms with E-state index in [1.807, 2.05) is 24.3 Å². The maximum Gasteiger partial charge on any atom is 0.125 e. The molecule has 0 aliphatic carbocycles. The molecule has 0 fully saturated rings. The van der Waals surface area contributed by atoms with E-state index in [1.165, 1.54) is 4.88 Å². The third-order valence-electron chi connectivity index (χ3n) is 2.81. The summed E-state index contributed by atoms with van der Waals surface area (Å²) in [6, 6.07) is 9.90. The van der Waals surface area contributed by atoms with Gasteiger partial charge in [-0.1, -0.05) is 23.7 Å². The van der Waals surface area contributed by atoms with Crippen molar-refractivity contribution in [1.82, 2.24) is 9.55 Å². The van der Waals surface area contributed by atoms with E-state index in [9.17, 15) is 0 Å². The zero-order valence-corrected chi connectivity index (χ0v) is 11.8. The van der Waals surface area contributed by atoms with Crippen LogP contribution in [0.1, 0.15) is 10.7 Å². The first kappa shape index (κ1) is 12.0. The van der Waals surface area contributed by atoms with Gasteiger partial charge in [0.25, 0.3) is 0 Å². The van der Waals surface area contributed by atoms with E-state index >= 15 is 0 Å². The maximum atomic E-state index is 6.27. The van der Waals surface area contributed by atoms with E-state index in [0.29, 0.717) is 10.9 Å². The van der Waals surface area contributed by atoms with Gasteiger partial charge >= 0.3 is 0 Å². The molecule has 2 nitrogen and oxygen atoms in total. The highest BCUT2D eigenvalue weighted by Gasteiger charge is 2.13. The molecule has 18 heavy (non-hydrogen) atoms. The SMILES string of the molecule is ClCc1nc2cccc(Cl)c2n1Cc1cccs1. The van der Waals surface area contributed by atoms with E-state index in [-0.39, 0.29) is 0 Å².